The van der Waals surface area contributed by atoms with E-state index in [4.69, 9.17) is 19.4 Å². The number of nitrogens with zero attached hydrogens (tertiary/aromatic N) is 4. The van der Waals surface area contributed by atoms with Crippen molar-refractivity contribution in [1.29, 1.82) is 0 Å². The Balaban J connectivity index is 1.16. The van der Waals surface area contributed by atoms with Crippen LogP contribution in [0.1, 0.15) is 67.5 Å². The second-order valence-electron chi connectivity index (χ2n) is 13.7. The Labute approximate surface area is 256 Å². The molecule has 1 unspecified atom stereocenters. The third kappa shape index (κ3) is 4.72. The number of anilines is 1. The molecule has 1 aromatic heterocycles. The van der Waals surface area contributed by atoms with Crippen LogP contribution in [0.4, 0.5) is 14.6 Å². The fourth-order valence-corrected chi connectivity index (χ4v) is 8.94. The summed E-state index contributed by atoms with van der Waals surface area (Å²) < 4.78 is 42.3. The third-order valence-corrected chi connectivity index (χ3v) is 11.0. The average Bonchev–Trinajstić information content (AvgIpc) is 3.62. The number of alkyl halides is 1. The molecule has 5 heterocycles. The number of fused-ring (bicyclic) bond motifs is 5. The van der Waals surface area contributed by atoms with E-state index in [-0.39, 0.29) is 41.7 Å². The highest BCUT2D eigenvalue weighted by molar-refractivity contribution is 5.90. The maximum absolute atomic E-state index is 15.0. The normalized spacial score (nSPS) is 31.5. The molecule has 8 nitrogen and oxygen atoms in total. The van der Waals surface area contributed by atoms with E-state index < -0.39 is 12.3 Å². The Bertz CT molecular complexity index is 1600. The lowest BCUT2D eigenvalue weighted by atomic mass is 9.90. The summed E-state index contributed by atoms with van der Waals surface area (Å²) in [4.78, 5) is 14.4. The minimum atomic E-state index is -0.845. The monoisotopic (exact) mass is 606 g/mol. The van der Waals surface area contributed by atoms with Gasteiger partial charge in [0, 0.05) is 44.0 Å². The Morgan fingerprint density at radius 2 is 2.05 bits per heavy atom. The van der Waals surface area contributed by atoms with Crippen molar-refractivity contribution in [2.24, 2.45) is 11.8 Å². The van der Waals surface area contributed by atoms with E-state index in [0.29, 0.717) is 50.4 Å². The van der Waals surface area contributed by atoms with Gasteiger partial charge in [-0.05, 0) is 84.7 Å². The summed E-state index contributed by atoms with van der Waals surface area (Å²) in [5.41, 5.74) is 2.73. The molecule has 0 spiro atoms. The molecule has 3 saturated heterocycles. The number of ether oxygens (including phenoxy) is 2. The van der Waals surface area contributed by atoms with Crippen LogP contribution in [0.15, 0.2) is 24.3 Å². The quantitative estimate of drug-likeness (QED) is 0.405. The molecule has 4 aliphatic heterocycles. The van der Waals surface area contributed by atoms with Crippen molar-refractivity contribution in [3.8, 4) is 11.8 Å². The summed E-state index contributed by atoms with van der Waals surface area (Å²) in [5.74, 6) is 1.22. The SMILES string of the molecule is CCc1c(F)ccc2cc(O)cc(C3Cc4nc(OC[C@@]56CCCN5C[C@H](F)C6)nc(N5C[C@H]6C[C@@H](C5)[C@H](O)C6)c4CO3)c12. The molecule has 44 heavy (non-hydrogen) atoms. The highest BCUT2D eigenvalue weighted by Crippen LogP contribution is 2.44. The summed E-state index contributed by atoms with van der Waals surface area (Å²) in [6.45, 7) is 5.38. The first-order chi connectivity index (χ1) is 21.3. The summed E-state index contributed by atoms with van der Waals surface area (Å²) in [6, 6.07) is 6.78. The Hall–Kier alpha value is -3.08. The molecular weight excluding hydrogens is 566 g/mol. The van der Waals surface area contributed by atoms with Crippen molar-refractivity contribution in [2.75, 3.05) is 37.7 Å². The molecule has 0 radical (unpaired) electrons. The highest BCUT2D eigenvalue weighted by atomic mass is 19.1. The zero-order valence-electron chi connectivity index (χ0n) is 25.1. The first-order valence-electron chi connectivity index (χ1n) is 16.2. The molecule has 2 N–H and O–H groups in total. The van der Waals surface area contributed by atoms with Gasteiger partial charge in [0.15, 0.2) is 0 Å². The van der Waals surface area contributed by atoms with E-state index >= 15 is 0 Å². The number of hydrogen-bond donors (Lipinski definition) is 2. The fourth-order valence-electron chi connectivity index (χ4n) is 8.94. The van der Waals surface area contributed by atoms with Crippen molar-refractivity contribution < 1.29 is 28.5 Å². The molecule has 8 rings (SSSR count). The predicted octanol–water partition coefficient (Wildman–Crippen LogP) is 5.01. The lowest BCUT2D eigenvalue weighted by Gasteiger charge is -2.36. The van der Waals surface area contributed by atoms with Gasteiger partial charge in [0.1, 0.15) is 30.2 Å². The van der Waals surface area contributed by atoms with Gasteiger partial charge in [-0.3, -0.25) is 4.90 Å². The standard InChI is InChI=1S/C34H40F2N4O4/c1-2-24-27(36)5-4-20-10-23(41)11-25(31(20)24)30-12-28-26(17-43-30)32(39-14-19-8-21(15-39)29(42)9-19)38-33(37-28)44-18-34-6-3-7-40(34)16-22(35)13-34/h4-5,10-11,19,21-22,29-30,41-42H,2-3,6-9,12-18H2,1H3/t19-,21-,22+,29+,30?,34-/m0/s1. The minimum absolute atomic E-state index is 0.105. The number of hydrogen-bond acceptors (Lipinski definition) is 8. The molecule has 234 valence electrons. The number of aromatic hydroxyl groups is 1. The molecule has 2 aromatic carbocycles. The number of halogens is 2. The number of rotatable bonds is 6. The van der Waals surface area contributed by atoms with E-state index in [1.165, 1.54) is 6.07 Å². The van der Waals surface area contributed by atoms with Crippen LogP contribution in [0, 0.1) is 17.7 Å². The smallest absolute Gasteiger partial charge is 0.318 e. The predicted molar refractivity (Wildman–Crippen MR) is 161 cm³/mol. The van der Waals surface area contributed by atoms with Crippen LogP contribution in [0.2, 0.25) is 0 Å². The molecule has 1 aliphatic carbocycles. The Kier molecular flexibility index (Phi) is 6.95. The van der Waals surface area contributed by atoms with Crippen LogP contribution >= 0.6 is 0 Å². The van der Waals surface area contributed by atoms with Crippen molar-refractivity contribution in [1.82, 2.24) is 14.9 Å². The number of benzene rings is 2. The number of aromatic nitrogens is 2. The maximum Gasteiger partial charge on any atom is 0.318 e. The number of phenols is 1. The molecule has 4 fully saturated rings. The lowest BCUT2D eigenvalue weighted by molar-refractivity contribution is 0.0261. The van der Waals surface area contributed by atoms with Gasteiger partial charge in [-0.25, -0.2) is 8.78 Å². The van der Waals surface area contributed by atoms with Crippen LogP contribution in [0.3, 0.4) is 0 Å². The third-order valence-electron chi connectivity index (χ3n) is 11.0. The summed E-state index contributed by atoms with van der Waals surface area (Å²) in [5, 5.41) is 22.8. The zero-order chi connectivity index (χ0) is 30.2. The van der Waals surface area contributed by atoms with Crippen molar-refractivity contribution >= 4 is 16.6 Å². The van der Waals surface area contributed by atoms with Gasteiger partial charge in [0.05, 0.1) is 30.0 Å². The number of aliphatic hydroxyl groups is 1. The van der Waals surface area contributed by atoms with Gasteiger partial charge in [-0.1, -0.05) is 13.0 Å². The van der Waals surface area contributed by atoms with Gasteiger partial charge < -0.3 is 24.6 Å². The topological polar surface area (TPSA) is 91.2 Å². The van der Waals surface area contributed by atoms with E-state index in [1.807, 2.05) is 6.92 Å². The van der Waals surface area contributed by atoms with Gasteiger partial charge in [0.25, 0.3) is 0 Å². The Morgan fingerprint density at radius 1 is 1.16 bits per heavy atom. The largest absolute Gasteiger partial charge is 0.508 e. The zero-order valence-corrected chi connectivity index (χ0v) is 25.1. The van der Waals surface area contributed by atoms with Gasteiger partial charge in [0.2, 0.25) is 0 Å². The van der Waals surface area contributed by atoms with Crippen molar-refractivity contribution in [3.05, 3.63) is 52.5 Å². The Morgan fingerprint density at radius 3 is 2.89 bits per heavy atom. The number of aliphatic hydroxyl groups excluding tert-OH is 1. The maximum atomic E-state index is 15.0. The van der Waals surface area contributed by atoms with Crippen LogP contribution < -0.4 is 9.64 Å². The van der Waals surface area contributed by atoms with Crippen LogP contribution in [0.25, 0.3) is 10.8 Å². The highest BCUT2D eigenvalue weighted by Gasteiger charge is 2.49. The van der Waals surface area contributed by atoms with E-state index in [0.717, 1.165) is 72.2 Å². The molecule has 3 aromatic rings. The summed E-state index contributed by atoms with van der Waals surface area (Å²) in [7, 11) is 0. The van der Waals surface area contributed by atoms with Crippen LogP contribution in [-0.4, -0.2) is 75.7 Å². The molecule has 2 bridgehead atoms. The molecule has 1 saturated carbocycles. The van der Waals surface area contributed by atoms with Gasteiger partial charge >= 0.3 is 6.01 Å². The van der Waals surface area contributed by atoms with Crippen LogP contribution in [-0.2, 0) is 24.2 Å². The van der Waals surface area contributed by atoms with E-state index in [2.05, 4.69) is 9.80 Å². The molecule has 6 atom stereocenters. The van der Waals surface area contributed by atoms with E-state index in [9.17, 15) is 19.0 Å². The lowest BCUT2D eigenvalue weighted by Crippen LogP contribution is -2.43. The minimum Gasteiger partial charge on any atom is -0.508 e. The molecule has 0 amide bonds. The van der Waals surface area contributed by atoms with E-state index in [1.54, 1.807) is 18.2 Å². The number of phenolic OH excluding ortho intramolecular Hbond substituents is 1. The summed E-state index contributed by atoms with van der Waals surface area (Å²) >= 11 is 0. The van der Waals surface area contributed by atoms with Gasteiger partial charge in [-0.15, -0.1) is 0 Å². The summed E-state index contributed by atoms with van der Waals surface area (Å²) in [6.07, 6.45) is 3.55. The molecular formula is C34H40F2N4O4. The second-order valence-corrected chi connectivity index (χ2v) is 13.7. The first kappa shape index (κ1) is 28.4. The molecule has 10 heteroatoms. The molecule has 5 aliphatic rings. The number of aryl methyl sites for hydroxylation is 1. The van der Waals surface area contributed by atoms with Gasteiger partial charge in [-0.2, -0.15) is 9.97 Å². The second kappa shape index (κ2) is 10.8. The fraction of sp³-hybridized carbons (Fsp3) is 0.588. The van der Waals surface area contributed by atoms with Crippen molar-refractivity contribution in [3.63, 3.8) is 0 Å². The first-order valence-corrected chi connectivity index (χ1v) is 16.2. The number of piperidine rings is 1. The average molecular weight is 607 g/mol. The van der Waals surface area contributed by atoms with Crippen LogP contribution in [0.5, 0.6) is 11.8 Å². The van der Waals surface area contributed by atoms with Crippen molar-refractivity contribution in [2.45, 2.75) is 82.4 Å².